The Labute approximate surface area is 203 Å². The quantitative estimate of drug-likeness (QED) is 0.528. The number of carboxylic acid groups (broad SMARTS) is 1. The normalized spacial score (nSPS) is 18.4. The zero-order valence-corrected chi connectivity index (χ0v) is 21.1. The zero-order chi connectivity index (χ0) is 24.9. The molecule has 0 heterocycles. The number of anilines is 1. The Hall–Kier alpha value is -2.86. The maximum atomic E-state index is 12.9. The van der Waals surface area contributed by atoms with E-state index >= 15 is 0 Å². The molecular weight excluding hydrogens is 428 g/mol. The first kappa shape index (κ1) is 25.8. The SMILES string of the molecule is Cc1ccc(N(C)C(=O)CC2CCC(NCc3ccc(OC(C)(C)C(=O)O)cc3)CC2)c(C)c1. The molecule has 2 N–H and O–H groups in total. The van der Waals surface area contributed by atoms with Gasteiger partial charge < -0.3 is 20.1 Å². The topological polar surface area (TPSA) is 78.9 Å². The van der Waals surface area contributed by atoms with Crippen LogP contribution >= 0.6 is 0 Å². The molecule has 0 radical (unpaired) electrons. The first-order valence-electron chi connectivity index (χ1n) is 12.1. The molecule has 0 unspecified atom stereocenters. The van der Waals surface area contributed by atoms with Crippen molar-refractivity contribution < 1.29 is 19.4 Å². The van der Waals surface area contributed by atoms with Crippen molar-refractivity contribution >= 4 is 17.6 Å². The number of benzene rings is 2. The number of aryl methyl sites for hydroxylation is 2. The molecule has 0 atom stereocenters. The van der Waals surface area contributed by atoms with Crippen LogP contribution in [0, 0.1) is 19.8 Å². The van der Waals surface area contributed by atoms with E-state index in [1.807, 2.05) is 42.3 Å². The van der Waals surface area contributed by atoms with Gasteiger partial charge in [-0.1, -0.05) is 29.8 Å². The summed E-state index contributed by atoms with van der Waals surface area (Å²) < 4.78 is 5.56. The fourth-order valence-electron chi connectivity index (χ4n) is 4.55. The lowest BCUT2D eigenvalue weighted by molar-refractivity contribution is -0.152. The lowest BCUT2D eigenvalue weighted by atomic mass is 9.83. The highest BCUT2D eigenvalue weighted by Crippen LogP contribution is 2.29. The number of carbonyl (C=O) groups excluding carboxylic acids is 1. The van der Waals surface area contributed by atoms with Crippen molar-refractivity contribution in [3.05, 3.63) is 59.2 Å². The number of nitrogens with one attached hydrogen (secondary N) is 1. The van der Waals surface area contributed by atoms with Crippen LogP contribution in [-0.2, 0) is 16.1 Å². The average molecular weight is 467 g/mol. The Morgan fingerprint density at radius 1 is 1.06 bits per heavy atom. The molecular formula is C28H38N2O4. The minimum absolute atomic E-state index is 0.191. The van der Waals surface area contributed by atoms with E-state index in [4.69, 9.17) is 4.74 Å². The molecule has 2 aromatic carbocycles. The highest BCUT2D eigenvalue weighted by molar-refractivity contribution is 5.93. The number of nitrogens with zero attached hydrogens (tertiary/aromatic N) is 1. The van der Waals surface area contributed by atoms with Crippen LogP contribution in [0.15, 0.2) is 42.5 Å². The van der Waals surface area contributed by atoms with E-state index in [-0.39, 0.29) is 5.91 Å². The summed E-state index contributed by atoms with van der Waals surface area (Å²) in [7, 11) is 1.88. The van der Waals surface area contributed by atoms with Crippen molar-refractivity contribution in [3.63, 3.8) is 0 Å². The number of hydrogen-bond acceptors (Lipinski definition) is 4. The van der Waals surface area contributed by atoms with E-state index in [2.05, 4.69) is 31.3 Å². The maximum Gasteiger partial charge on any atom is 0.347 e. The molecule has 2 aromatic rings. The minimum Gasteiger partial charge on any atom is -0.478 e. The van der Waals surface area contributed by atoms with Gasteiger partial charge in [0.25, 0.3) is 0 Å². The fraction of sp³-hybridized carbons (Fsp3) is 0.500. The average Bonchev–Trinajstić information content (AvgIpc) is 2.79. The summed E-state index contributed by atoms with van der Waals surface area (Å²) in [4.78, 5) is 25.9. The molecule has 6 heteroatoms. The molecule has 184 valence electrons. The van der Waals surface area contributed by atoms with Gasteiger partial charge in [0.05, 0.1) is 0 Å². The van der Waals surface area contributed by atoms with Crippen molar-refractivity contribution in [1.29, 1.82) is 0 Å². The van der Waals surface area contributed by atoms with Gasteiger partial charge in [-0.05, 0) is 88.6 Å². The highest BCUT2D eigenvalue weighted by Gasteiger charge is 2.29. The summed E-state index contributed by atoms with van der Waals surface area (Å²) in [6.07, 6.45) is 4.85. The van der Waals surface area contributed by atoms with E-state index in [0.717, 1.165) is 49.0 Å². The number of aliphatic carboxylic acids is 1. The van der Waals surface area contributed by atoms with Crippen LogP contribution in [0.1, 0.15) is 62.6 Å². The third-order valence-corrected chi connectivity index (χ3v) is 6.80. The molecule has 1 aliphatic carbocycles. The van der Waals surface area contributed by atoms with Crippen molar-refractivity contribution in [2.24, 2.45) is 5.92 Å². The highest BCUT2D eigenvalue weighted by atomic mass is 16.5. The molecule has 0 aromatic heterocycles. The summed E-state index contributed by atoms with van der Waals surface area (Å²) >= 11 is 0. The Bertz CT molecular complexity index is 992. The number of ether oxygens (including phenoxy) is 1. The molecule has 1 saturated carbocycles. The molecule has 0 aliphatic heterocycles. The number of carboxylic acids is 1. The van der Waals surface area contributed by atoms with E-state index in [9.17, 15) is 14.7 Å². The van der Waals surface area contributed by atoms with Crippen LogP contribution in [0.3, 0.4) is 0 Å². The number of hydrogen-bond donors (Lipinski definition) is 2. The van der Waals surface area contributed by atoms with E-state index < -0.39 is 11.6 Å². The Morgan fingerprint density at radius 2 is 1.71 bits per heavy atom. The largest absolute Gasteiger partial charge is 0.478 e. The van der Waals surface area contributed by atoms with Gasteiger partial charge in [0.2, 0.25) is 5.91 Å². The van der Waals surface area contributed by atoms with Gasteiger partial charge in [-0.3, -0.25) is 4.79 Å². The summed E-state index contributed by atoms with van der Waals surface area (Å²) in [6.45, 7) is 7.96. The van der Waals surface area contributed by atoms with Crippen LogP contribution < -0.4 is 15.0 Å². The maximum absolute atomic E-state index is 12.9. The lowest BCUT2D eigenvalue weighted by Crippen LogP contribution is -2.37. The molecule has 1 amide bonds. The van der Waals surface area contributed by atoms with Crippen LogP contribution in [0.25, 0.3) is 0 Å². The molecule has 1 aliphatic rings. The smallest absolute Gasteiger partial charge is 0.347 e. The second kappa shape index (κ2) is 11.0. The lowest BCUT2D eigenvalue weighted by Gasteiger charge is -2.30. The summed E-state index contributed by atoms with van der Waals surface area (Å²) in [5, 5.41) is 12.8. The second-order valence-electron chi connectivity index (χ2n) is 10.1. The number of amides is 1. The van der Waals surface area contributed by atoms with Crippen molar-refractivity contribution in [1.82, 2.24) is 5.32 Å². The van der Waals surface area contributed by atoms with Crippen LogP contribution in [-0.4, -0.2) is 35.7 Å². The Morgan fingerprint density at radius 3 is 2.29 bits per heavy atom. The third-order valence-electron chi connectivity index (χ3n) is 6.80. The molecule has 3 rings (SSSR count). The third kappa shape index (κ3) is 6.83. The van der Waals surface area contributed by atoms with Gasteiger partial charge in [-0.15, -0.1) is 0 Å². The summed E-state index contributed by atoms with van der Waals surface area (Å²) in [5.41, 5.74) is 3.21. The van der Waals surface area contributed by atoms with E-state index in [1.165, 1.54) is 19.4 Å². The van der Waals surface area contributed by atoms with Gasteiger partial charge in [-0.25, -0.2) is 4.79 Å². The van der Waals surface area contributed by atoms with Gasteiger partial charge in [-0.2, -0.15) is 0 Å². The summed E-state index contributed by atoms with van der Waals surface area (Å²) in [6, 6.07) is 14.2. The zero-order valence-electron chi connectivity index (χ0n) is 21.1. The Balaban J connectivity index is 1.42. The monoisotopic (exact) mass is 466 g/mol. The van der Waals surface area contributed by atoms with E-state index in [1.54, 1.807) is 0 Å². The van der Waals surface area contributed by atoms with Gasteiger partial charge in [0.15, 0.2) is 5.60 Å². The molecule has 6 nitrogen and oxygen atoms in total. The van der Waals surface area contributed by atoms with Crippen LogP contribution in [0.2, 0.25) is 0 Å². The second-order valence-corrected chi connectivity index (χ2v) is 10.1. The van der Waals surface area contributed by atoms with E-state index in [0.29, 0.717) is 24.1 Å². The predicted octanol–water partition coefficient (Wildman–Crippen LogP) is 5.25. The minimum atomic E-state index is -1.26. The van der Waals surface area contributed by atoms with Crippen molar-refractivity contribution in [2.75, 3.05) is 11.9 Å². The van der Waals surface area contributed by atoms with Gasteiger partial charge >= 0.3 is 5.97 Å². The Kier molecular flexibility index (Phi) is 8.37. The first-order valence-corrected chi connectivity index (χ1v) is 12.1. The first-order chi connectivity index (χ1) is 16.0. The molecule has 0 bridgehead atoms. The van der Waals surface area contributed by atoms with Crippen LogP contribution in [0.4, 0.5) is 5.69 Å². The standard InChI is InChI=1S/C28H38N2O4/c1-19-6-15-25(20(2)16-19)30(5)26(31)17-21-7-11-23(12-8-21)29-18-22-9-13-24(14-10-22)34-28(3,4)27(32)33/h6,9-10,13-16,21,23,29H,7-8,11-12,17-18H2,1-5H3,(H,32,33). The van der Waals surface area contributed by atoms with Crippen LogP contribution in [0.5, 0.6) is 5.75 Å². The predicted molar refractivity (Wildman–Crippen MR) is 135 cm³/mol. The summed E-state index contributed by atoms with van der Waals surface area (Å²) in [5.74, 6) is 0.184. The number of rotatable bonds is 9. The molecule has 1 fully saturated rings. The van der Waals surface area contributed by atoms with Gasteiger partial charge in [0, 0.05) is 31.7 Å². The fourth-order valence-corrected chi connectivity index (χ4v) is 4.55. The molecule has 0 spiro atoms. The number of carbonyl (C=O) groups is 2. The molecule has 34 heavy (non-hydrogen) atoms. The van der Waals surface area contributed by atoms with Crippen molar-refractivity contribution in [3.8, 4) is 5.75 Å². The van der Waals surface area contributed by atoms with Crippen molar-refractivity contribution in [2.45, 2.75) is 78.0 Å². The molecule has 0 saturated heterocycles. The van der Waals surface area contributed by atoms with Gasteiger partial charge in [0.1, 0.15) is 5.75 Å².